The molecule has 0 saturated carbocycles. The van der Waals surface area contributed by atoms with Crippen LogP contribution in [-0.4, -0.2) is 42.0 Å². The second-order valence-corrected chi connectivity index (χ2v) is 8.24. The maximum Gasteiger partial charge on any atom is 0.260 e. The van der Waals surface area contributed by atoms with E-state index in [0.29, 0.717) is 38.8 Å². The minimum Gasteiger partial charge on any atom is -0.496 e. The smallest absolute Gasteiger partial charge is 0.260 e. The molecule has 0 aliphatic carbocycles. The van der Waals surface area contributed by atoms with E-state index in [1.807, 2.05) is 30.5 Å². The highest BCUT2D eigenvalue weighted by atomic mass is 35.5. The quantitative estimate of drug-likeness (QED) is 0.386. The highest BCUT2D eigenvalue weighted by molar-refractivity contribution is 7.12. The zero-order valence-electron chi connectivity index (χ0n) is 18.4. The molecule has 170 valence electrons. The van der Waals surface area contributed by atoms with E-state index in [9.17, 15) is 4.79 Å². The predicted octanol–water partition coefficient (Wildman–Crippen LogP) is 5.24. The van der Waals surface area contributed by atoms with E-state index in [1.165, 1.54) is 18.4 Å². The Labute approximate surface area is 199 Å². The van der Waals surface area contributed by atoms with Crippen LogP contribution in [0.25, 0.3) is 16.4 Å². The van der Waals surface area contributed by atoms with Crippen molar-refractivity contribution in [1.82, 2.24) is 14.8 Å². The number of carbonyl (C=O) groups excluding carboxylic acids is 1. The number of carbonyl (C=O) groups is 1. The fourth-order valence-corrected chi connectivity index (χ4v) is 4.23. The molecule has 0 bridgehead atoms. The van der Waals surface area contributed by atoms with Crippen molar-refractivity contribution >= 4 is 34.7 Å². The fourth-order valence-electron chi connectivity index (χ4n) is 3.27. The standard InChI is InChI=1S/C23H21ClN4O4S/c1-13-9-21(26-22(29)16-11-15(24)6-8-18(16)30-2)28(27-13)23-25-17(12-33-23)14-5-7-19(31-3)20(10-14)32-4/h5-12H,1-4H3,(H,26,29). The summed E-state index contributed by atoms with van der Waals surface area (Å²) in [4.78, 5) is 17.7. The molecule has 10 heteroatoms. The SMILES string of the molecule is COc1ccc(-c2csc(-n3nc(C)cc3NC(=O)c3cc(Cl)ccc3OC)n2)cc1OC. The van der Waals surface area contributed by atoms with Crippen molar-refractivity contribution < 1.29 is 19.0 Å². The number of aromatic nitrogens is 3. The lowest BCUT2D eigenvalue weighted by atomic mass is 10.1. The summed E-state index contributed by atoms with van der Waals surface area (Å²) in [5.41, 5.74) is 2.66. The average Bonchev–Trinajstić information content (AvgIpc) is 3.45. The number of thiazole rings is 1. The Balaban J connectivity index is 1.65. The topological polar surface area (TPSA) is 87.5 Å². The number of anilines is 1. The molecule has 2 heterocycles. The van der Waals surface area contributed by atoms with E-state index in [4.69, 9.17) is 30.8 Å². The summed E-state index contributed by atoms with van der Waals surface area (Å²) < 4.78 is 17.6. The van der Waals surface area contributed by atoms with Gasteiger partial charge in [0.05, 0.1) is 38.3 Å². The molecular weight excluding hydrogens is 464 g/mol. The molecule has 0 aliphatic rings. The Morgan fingerprint density at radius 2 is 1.73 bits per heavy atom. The first-order chi connectivity index (χ1) is 15.9. The van der Waals surface area contributed by atoms with Gasteiger partial charge in [-0.3, -0.25) is 4.79 Å². The van der Waals surface area contributed by atoms with Gasteiger partial charge in [-0.15, -0.1) is 11.3 Å². The molecule has 1 N–H and O–H groups in total. The van der Waals surface area contributed by atoms with E-state index in [-0.39, 0.29) is 5.91 Å². The Morgan fingerprint density at radius 3 is 2.45 bits per heavy atom. The van der Waals surface area contributed by atoms with E-state index in [0.717, 1.165) is 17.0 Å². The third kappa shape index (κ3) is 4.64. The number of hydrogen-bond donors (Lipinski definition) is 1. The maximum absolute atomic E-state index is 13.0. The first-order valence-electron chi connectivity index (χ1n) is 9.83. The normalized spacial score (nSPS) is 10.7. The van der Waals surface area contributed by atoms with E-state index in [1.54, 1.807) is 43.2 Å². The molecule has 0 aliphatic heterocycles. The number of rotatable bonds is 7. The second-order valence-electron chi connectivity index (χ2n) is 6.97. The van der Waals surface area contributed by atoms with Crippen LogP contribution in [0.3, 0.4) is 0 Å². The number of methoxy groups -OCH3 is 3. The van der Waals surface area contributed by atoms with Crippen molar-refractivity contribution in [3.8, 4) is 33.6 Å². The van der Waals surface area contributed by atoms with Gasteiger partial charge in [-0.05, 0) is 43.3 Å². The van der Waals surface area contributed by atoms with Crippen molar-refractivity contribution in [3.05, 3.63) is 64.1 Å². The van der Waals surface area contributed by atoms with Crippen molar-refractivity contribution in [2.24, 2.45) is 0 Å². The highest BCUT2D eigenvalue weighted by Gasteiger charge is 2.18. The van der Waals surface area contributed by atoms with E-state index < -0.39 is 0 Å². The molecule has 33 heavy (non-hydrogen) atoms. The van der Waals surface area contributed by atoms with Crippen molar-refractivity contribution in [2.45, 2.75) is 6.92 Å². The van der Waals surface area contributed by atoms with Crippen LogP contribution in [0, 0.1) is 6.92 Å². The molecule has 0 atom stereocenters. The molecule has 8 nitrogen and oxygen atoms in total. The first-order valence-corrected chi connectivity index (χ1v) is 11.1. The van der Waals surface area contributed by atoms with E-state index >= 15 is 0 Å². The van der Waals surface area contributed by atoms with Gasteiger partial charge in [0.1, 0.15) is 11.6 Å². The Bertz CT molecular complexity index is 1320. The minimum absolute atomic E-state index is 0.320. The Kier molecular flexibility index (Phi) is 6.52. The van der Waals surface area contributed by atoms with Crippen LogP contribution in [0.4, 0.5) is 5.82 Å². The van der Waals surface area contributed by atoms with Crippen LogP contribution in [0.15, 0.2) is 47.8 Å². The lowest BCUT2D eigenvalue weighted by Crippen LogP contribution is -2.16. The lowest BCUT2D eigenvalue weighted by Gasteiger charge is -2.10. The number of hydrogen-bond acceptors (Lipinski definition) is 7. The van der Waals surface area contributed by atoms with Gasteiger partial charge in [-0.2, -0.15) is 9.78 Å². The third-order valence-corrected chi connectivity index (χ3v) is 5.88. The summed E-state index contributed by atoms with van der Waals surface area (Å²) in [5.74, 6) is 1.79. The number of amides is 1. The van der Waals surface area contributed by atoms with Crippen LogP contribution in [0.1, 0.15) is 16.1 Å². The summed E-state index contributed by atoms with van der Waals surface area (Å²) in [6, 6.07) is 12.2. The Hall–Kier alpha value is -3.56. The van der Waals surface area contributed by atoms with Gasteiger partial charge in [0.2, 0.25) is 5.13 Å². The fraction of sp³-hybridized carbons (Fsp3) is 0.174. The summed E-state index contributed by atoms with van der Waals surface area (Å²) in [6.07, 6.45) is 0. The van der Waals surface area contributed by atoms with Crippen LogP contribution in [-0.2, 0) is 0 Å². The van der Waals surface area contributed by atoms with Gasteiger partial charge >= 0.3 is 0 Å². The highest BCUT2D eigenvalue weighted by Crippen LogP contribution is 2.34. The van der Waals surface area contributed by atoms with E-state index in [2.05, 4.69) is 10.4 Å². The molecule has 0 spiro atoms. The number of nitrogens with one attached hydrogen (secondary N) is 1. The minimum atomic E-state index is -0.368. The van der Waals surface area contributed by atoms with Gasteiger partial charge < -0.3 is 19.5 Å². The number of nitrogens with zero attached hydrogens (tertiary/aromatic N) is 3. The molecule has 0 saturated heterocycles. The second kappa shape index (κ2) is 9.51. The van der Waals surface area contributed by atoms with Crippen molar-refractivity contribution in [3.63, 3.8) is 0 Å². The first kappa shape index (κ1) is 22.6. The third-order valence-electron chi connectivity index (χ3n) is 4.83. The van der Waals surface area contributed by atoms with Crippen LogP contribution in [0.2, 0.25) is 5.02 Å². The van der Waals surface area contributed by atoms with Gasteiger partial charge in [0, 0.05) is 22.0 Å². The average molecular weight is 485 g/mol. The zero-order chi connectivity index (χ0) is 23.5. The molecule has 0 radical (unpaired) electrons. The summed E-state index contributed by atoms with van der Waals surface area (Å²) in [6.45, 7) is 1.84. The molecule has 2 aromatic carbocycles. The summed E-state index contributed by atoms with van der Waals surface area (Å²) >= 11 is 7.48. The molecule has 1 amide bonds. The molecule has 0 fully saturated rings. The monoisotopic (exact) mass is 484 g/mol. The van der Waals surface area contributed by atoms with Gasteiger partial charge in [-0.25, -0.2) is 4.98 Å². The van der Waals surface area contributed by atoms with Gasteiger partial charge in [0.15, 0.2) is 11.5 Å². The molecular formula is C23H21ClN4O4S. The predicted molar refractivity (Wildman–Crippen MR) is 128 cm³/mol. The van der Waals surface area contributed by atoms with Crippen molar-refractivity contribution in [1.29, 1.82) is 0 Å². The summed E-state index contributed by atoms with van der Waals surface area (Å²) in [7, 11) is 4.68. The number of halogens is 1. The Morgan fingerprint density at radius 1 is 1.00 bits per heavy atom. The van der Waals surface area contributed by atoms with Gasteiger partial charge in [-0.1, -0.05) is 11.6 Å². The largest absolute Gasteiger partial charge is 0.496 e. The number of ether oxygens (including phenoxy) is 3. The van der Waals surface area contributed by atoms with Crippen LogP contribution in [0.5, 0.6) is 17.2 Å². The molecule has 0 unspecified atom stereocenters. The number of aryl methyl sites for hydroxylation is 1. The molecule has 4 rings (SSSR count). The van der Waals surface area contributed by atoms with Crippen molar-refractivity contribution in [2.75, 3.05) is 26.6 Å². The van der Waals surface area contributed by atoms with Crippen LogP contribution < -0.4 is 19.5 Å². The maximum atomic E-state index is 13.0. The summed E-state index contributed by atoms with van der Waals surface area (Å²) in [5, 5.41) is 10.3. The number of benzene rings is 2. The van der Waals surface area contributed by atoms with Crippen LogP contribution >= 0.6 is 22.9 Å². The zero-order valence-corrected chi connectivity index (χ0v) is 20.0. The van der Waals surface area contributed by atoms with Gasteiger partial charge in [0.25, 0.3) is 5.91 Å². The lowest BCUT2D eigenvalue weighted by molar-refractivity contribution is 0.102. The molecule has 4 aromatic rings. The molecule has 2 aromatic heterocycles.